The molecule has 3 rings (SSSR count). The van der Waals surface area contributed by atoms with E-state index in [-0.39, 0.29) is 11.6 Å². The van der Waals surface area contributed by atoms with E-state index in [1.165, 1.54) is 19.3 Å². The molecule has 2 aliphatic rings. The highest BCUT2D eigenvalue weighted by molar-refractivity contribution is 5.44. The molecule has 3 nitrogen and oxygen atoms in total. The maximum Gasteiger partial charge on any atom is 0.128 e. The Morgan fingerprint density at radius 3 is 3.05 bits per heavy atom. The summed E-state index contributed by atoms with van der Waals surface area (Å²) >= 11 is 0. The normalized spacial score (nSPS) is 33.0. The lowest BCUT2D eigenvalue weighted by Crippen LogP contribution is -2.45. The first-order chi connectivity index (χ1) is 9.18. The van der Waals surface area contributed by atoms with E-state index in [9.17, 15) is 0 Å². The summed E-state index contributed by atoms with van der Waals surface area (Å²) in [5, 5.41) is 0. The second-order valence-electron chi connectivity index (χ2n) is 5.88. The van der Waals surface area contributed by atoms with Crippen LogP contribution < -0.4 is 15.2 Å². The van der Waals surface area contributed by atoms with Crippen LogP contribution in [0.3, 0.4) is 0 Å². The summed E-state index contributed by atoms with van der Waals surface area (Å²) in [6, 6.07) is 6.08. The molecule has 1 fully saturated rings. The highest BCUT2D eigenvalue weighted by Crippen LogP contribution is 2.50. The fourth-order valence-electron chi connectivity index (χ4n) is 3.87. The van der Waals surface area contributed by atoms with Gasteiger partial charge in [0.05, 0.1) is 7.11 Å². The summed E-state index contributed by atoms with van der Waals surface area (Å²) in [4.78, 5) is 0. The van der Waals surface area contributed by atoms with Gasteiger partial charge in [0.25, 0.3) is 0 Å². The molecule has 2 N–H and O–H groups in total. The molecule has 3 heteroatoms. The Bertz CT molecular complexity index is 474. The van der Waals surface area contributed by atoms with E-state index in [0.29, 0.717) is 5.92 Å². The Kier molecular flexibility index (Phi) is 3.17. The summed E-state index contributed by atoms with van der Waals surface area (Å²) in [6.07, 6.45) is 5.78. The third kappa shape index (κ3) is 2.00. The number of methoxy groups -OCH3 is 1. The molecule has 1 aliphatic carbocycles. The molecule has 0 saturated heterocycles. The van der Waals surface area contributed by atoms with Crippen molar-refractivity contribution in [3.05, 3.63) is 23.8 Å². The minimum atomic E-state index is -0.0342. The van der Waals surface area contributed by atoms with Gasteiger partial charge in [-0.05, 0) is 37.7 Å². The second-order valence-corrected chi connectivity index (χ2v) is 5.88. The van der Waals surface area contributed by atoms with Gasteiger partial charge in [0.2, 0.25) is 0 Å². The molecular weight excluding hydrogens is 238 g/mol. The number of hydrogen-bond donors (Lipinski definition) is 1. The lowest BCUT2D eigenvalue weighted by molar-refractivity contribution is -0.00113. The summed E-state index contributed by atoms with van der Waals surface area (Å²) in [5.74, 6) is 2.41. The van der Waals surface area contributed by atoms with E-state index in [1.807, 2.05) is 18.2 Å². The van der Waals surface area contributed by atoms with E-state index < -0.39 is 0 Å². The summed E-state index contributed by atoms with van der Waals surface area (Å²) < 4.78 is 11.7. The van der Waals surface area contributed by atoms with Crippen LogP contribution in [0.25, 0.3) is 0 Å². The molecule has 0 aromatic heterocycles. The zero-order valence-corrected chi connectivity index (χ0v) is 11.8. The first kappa shape index (κ1) is 12.8. The summed E-state index contributed by atoms with van der Waals surface area (Å²) in [7, 11) is 1.69. The van der Waals surface area contributed by atoms with Crippen LogP contribution in [0.1, 0.15) is 50.6 Å². The fourth-order valence-corrected chi connectivity index (χ4v) is 3.87. The zero-order valence-electron chi connectivity index (χ0n) is 11.8. The van der Waals surface area contributed by atoms with Crippen LogP contribution >= 0.6 is 0 Å². The van der Waals surface area contributed by atoms with Crippen LogP contribution in [0, 0.1) is 5.92 Å². The van der Waals surface area contributed by atoms with Crippen LogP contribution in [-0.4, -0.2) is 12.7 Å². The zero-order chi connectivity index (χ0) is 13.5. The number of rotatable bonds is 2. The van der Waals surface area contributed by atoms with Crippen LogP contribution in [0.2, 0.25) is 0 Å². The van der Waals surface area contributed by atoms with E-state index in [4.69, 9.17) is 15.2 Å². The Morgan fingerprint density at radius 2 is 2.32 bits per heavy atom. The molecule has 0 amide bonds. The van der Waals surface area contributed by atoms with Gasteiger partial charge in [0.1, 0.15) is 17.1 Å². The van der Waals surface area contributed by atoms with Gasteiger partial charge >= 0.3 is 0 Å². The molecule has 3 atom stereocenters. The SMILES string of the molecule is CCC1CCCC12CC(N)c1ccc(OC)cc1O2. The van der Waals surface area contributed by atoms with Gasteiger partial charge in [0.15, 0.2) is 0 Å². The molecule has 1 aromatic rings. The molecule has 1 aliphatic heterocycles. The van der Waals surface area contributed by atoms with Crippen LogP contribution in [0.5, 0.6) is 11.5 Å². The first-order valence-electron chi connectivity index (χ1n) is 7.31. The first-order valence-corrected chi connectivity index (χ1v) is 7.31. The van der Waals surface area contributed by atoms with Crippen LogP contribution in [0.4, 0.5) is 0 Å². The molecular formula is C16H23NO2. The van der Waals surface area contributed by atoms with E-state index in [2.05, 4.69) is 6.92 Å². The second kappa shape index (κ2) is 4.71. The molecule has 19 heavy (non-hydrogen) atoms. The third-order valence-corrected chi connectivity index (χ3v) is 4.89. The number of fused-ring (bicyclic) bond motifs is 1. The highest BCUT2D eigenvalue weighted by Gasteiger charge is 2.48. The van der Waals surface area contributed by atoms with Crippen molar-refractivity contribution >= 4 is 0 Å². The van der Waals surface area contributed by atoms with Crippen molar-refractivity contribution in [1.82, 2.24) is 0 Å². The predicted molar refractivity (Wildman–Crippen MR) is 75.5 cm³/mol. The Hall–Kier alpha value is -1.22. The van der Waals surface area contributed by atoms with E-state index >= 15 is 0 Å². The molecule has 1 spiro atoms. The van der Waals surface area contributed by atoms with Crippen molar-refractivity contribution in [2.45, 2.75) is 50.7 Å². The lowest BCUT2D eigenvalue weighted by atomic mass is 9.79. The molecule has 1 heterocycles. The minimum Gasteiger partial charge on any atom is -0.497 e. The average Bonchev–Trinajstić information content (AvgIpc) is 2.79. The monoisotopic (exact) mass is 261 g/mol. The van der Waals surface area contributed by atoms with Crippen LogP contribution in [0.15, 0.2) is 18.2 Å². The summed E-state index contributed by atoms with van der Waals surface area (Å²) in [6.45, 7) is 2.26. The largest absolute Gasteiger partial charge is 0.497 e. The minimum absolute atomic E-state index is 0.0342. The highest BCUT2D eigenvalue weighted by atomic mass is 16.5. The Morgan fingerprint density at radius 1 is 1.47 bits per heavy atom. The van der Waals surface area contributed by atoms with Crippen molar-refractivity contribution in [2.75, 3.05) is 7.11 Å². The van der Waals surface area contributed by atoms with Crippen LogP contribution in [-0.2, 0) is 0 Å². The number of nitrogens with two attached hydrogens (primary N) is 1. The van der Waals surface area contributed by atoms with Gasteiger partial charge in [-0.2, -0.15) is 0 Å². The lowest BCUT2D eigenvalue weighted by Gasteiger charge is -2.42. The number of benzene rings is 1. The third-order valence-electron chi connectivity index (χ3n) is 4.89. The Labute approximate surface area is 115 Å². The number of hydrogen-bond acceptors (Lipinski definition) is 3. The van der Waals surface area contributed by atoms with E-state index in [1.54, 1.807) is 7.11 Å². The van der Waals surface area contributed by atoms with Crippen molar-refractivity contribution in [2.24, 2.45) is 11.7 Å². The molecule has 1 saturated carbocycles. The molecule has 3 unspecified atom stereocenters. The van der Waals surface area contributed by atoms with Gasteiger partial charge < -0.3 is 15.2 Å². The molecule has 0 radical (unpaired) electrons. The van der Waals surface area contributed by atoms with Crippen molar-refractivity contribution in [3.8, 4) is 11.5 Å². The molecule has 1 aromatic carbocycles. The van der Waals surface area contributed by atoms with Gasteiger partial charge in [-0.3, -0.25) is 0 Å². The summed E-state index contributed by atoms with van der Waals surface area (Å²) in [5.41, 5.74) is 7.47. The topological polar surface area (TPSA) is 44.5 Å². The predicted octanol–water partition coefficient (Wildman–Crippen LogP) is 3.43. The van der Waals surface area contributed by atoms with Crippen molar-refractivity contribution in [3.63, 3.8) is 0 Å². The average molecular weight is 261 g/mol. The van der Waals surface area contributed by atoms with Crippen molar-refractivity contribution in [1.29, 1.82) is 0 Å². The maximum absolute atomic E-state index is 6.44. The standard InChI is InChI=1S/C16H23NO2/c1-3-11-5-4-8-16(11)10-14(17)13-7-6-12(18-2)9-15(13)19-16/h6-7,9,11,14H,3-5,8,10,17H2,1-2H3. The van der Waals surface area contributed by atoms with Crippen molar-refractivity contribution < 1.29 is 9.47 Å². The van der Waals surface area contributed by atoms with Gasteiger partial charge in [-0.15, -0.1) is 0 Å². The molecule has 104 valence electrons. The fraction of sp³-hybridized carbons (Fsp3) is 0.625. The molecule has 0 bridgehead atoms. The van der Waals surface area contributed by atoms with Gasteiger partial charge in [-0.1, -0.05) is 13.0 Å². The van der Waals surface area contributed by atoms with E-state index in [0.717, 1.165) is 29.9 Å². The number of ether oxygens (including phenoxy) is 2. The van der Waals surface area contributed by atoms with Gasteiger partial charge in [0, 0.05) is 24.1 Å². The smallest absolute Gasteiger partial charge is 0.128 e. The van der Waals surface area contributed by atoms with Gasteiger partial charge in [-0.25, -0.2) is 0 Å². The maximum atomic E-state index is 6.44. The Balaban J connectivity index is 1.98. The quantitative estimate of drug-likeness (QED) is 0.887.